The molecule has 2 rings (SSSR count). The van der Waals surface area contributed by atoms with Crippen molar-refractivity contribution in [3.8, 4) is 0 Å². The number of rotatable bonds is 6. The Morgan fingerprint density at radius 3 is 2.60 bits per heavy atom. The van der Waals surface area contributed by atoms with Crippen molar-refractivity contribution in [1.29, 1.82) is 0 Å². The number of ether oxygens (including phenoxy) is 1. The molecular formula is C19H29N3O3. The number of carbonyl (C=O) groups excluding carboxylic acids is 2. The molecule has 2 amide bonds. The van der Waals surface area contributed by atoms with Gasteiger partial charge < -0.3 is 19.9 Å². The zero-order chi connectivity index (χ0) is 18.1. The van der Waals surface area contributed by atoms with E-state index in [1.54, 1.807) is 4.90 Å². The molecule has 0 radical (unpaired) electrons. The number of nitrogens with one attached hydrogen (secondary N) is 1. The van der Waals surface area contributed by atoms with Crippen LogP contribution in [0.4, 0.5) is 10.5 Å². The molecule has 25 heavy (non-hydrogen) atoms. The van der Waals surface area contributed by atoms with Crippen molar-refractivity contribution in [3.05, 3.63) is 30.3 Å². The zero-order valence-corrected chi connectivity index (χ0v) is 15.2. The molecule has 1 aliphatic rings. The number of para-hydroxylation sites is 1. The third-order valence-corrected chi connectivity index (χ3v) is 4.10. The lowest BCUT2D eigenvalue weighted by atomic mass is 10.2. The zero-order valence-electron chi connectivity index (χ0n) is 15.2. The van der Waals surface area contributed by atoms with Gasteiger partial charge in [-0.05, 0) is 31.0 Å². The highest BCUT2D eigenvalue weighted by Gasteiger charge is 2.20. The van der Waals surface area contributed by atoms with Gasteiger partial charge in [0.25, 0.3) is 0 Å². The average Bonchev–Trinajstić information content (AvgIpc) is 2.84. The van der Waals surface area contributed by atoms with Crippen LogP contribution in [0.25, 0.3) is 0 Å². The van der Waals surface area contributed by atoms with Crippen molar-refractivity contribution in [2.75, 3.05) is 44.6 Å². The summed E-state index contributed by atoms with van der Waals surface area (Å²) in [6.45, 7) is 8.24. The molecule has 0 aromatic heterocycles. The Kier molecular flexibility index (Phi) is 7.73. The molecule has 1 aliphatic heterocycles. The number of hydrogen-bond donors (Lipinski definition) is 1. The molecule has 6 heteroatoms. The SMILES string of the molecule is CC(C)COC(=O)N1CCCN(CCC(=O)Nc2ccccc2)CC1. The van der Waals surface area contributed by atoms with Gasteiger partial charge in [0.15, 0.2) is 0 Å². The molecule has 0 aliphatic carbocycles. The van der Waals surface area contributed by atoms with E-state index in [0.717, 1.165) is 25.2 Å². The van der Waals surface area contributed by atoms with E-state index in [9.17, 15) is 9.59 Å². The van der Waals surface area contributed by atoms with Crippen LogP contribution in [0.2, 0.25) is 0 Å². The predicted octanol–water partition coefficient (Wildman–Crippen LogP) is 2.82. The summed E-state index contributed by atoms with van der Waals surface area (Å²) in [7, 11) is 0. The molecule has 1 aromatic rings. The molecule has 0 spiro atoms. The van der Waals surface area contributed by atoms with Crippen LogP contribution < -0.4 is 5.32 Å². The van der Waals surface area contributed by atoms with Gasteiger partial charge in [0.2, 0.25) is 5.91 Å². The van der Waals surface area contributed by atoms with Crippen molar-refractivity contribution < 1.29 is 14.3 Å². The standard InChI is InChI=1S/C19H29N3O3/c1-16(2)15-25-19(24)22-11-6-10-21(13-14-22)12-9-18(23)20-17-7-4-3-5-8-17/h3-5,7-8,16H,6,9-15H2,1-2H3,(H,20,23). The summed E-state index contributed by atoms with van der Waals surface area (Å²) in [6, 6.07) is 9.48. The number of amides is 2. The quantitative estimate of drug-likeness (QED) is 0.859. The first-order valence-electron chi connectivity index (χ1n) is 9.03. The largest absolute Gasteiger partial charge is 0.449 e. The fourth-order valence-electron chi connectivity index (χ4n) is 2.71. The maximum absolute atomic E-state index is 12.1. The number of anilines is 1. The maximum atomic E-state index is 12.1. The van der Waals surface area contributed by atoms with E-state index in [2.05, 4.69) is 10.2 Å². The molecule has 6 nitrogen and oxygen atoms in total. The summed E-state index contributed by atoms with van der Waals surface area (Å²) in [5.41, 5.74) is 0.822. The van der Waals surface area contributed by atoms with Crippen LogP contribution in [0, 0.1) is 5.92 Å². The van der Waals surface area contributed by atoms with Crippen molar-refractivity contribution in [2.24, 2.45) is 5.92 Å². The molecule has 0 atom stereocenters. The topological polar surface area (TPSA) is 61.9 Å². The van der Waals surface area contributed by atoms with Gasteiger partial charge in [-0.2, -0.15) is 0 Å². The van der Waals surface area contributed by atoms with Crippen molar-refractivity contribution in [1.82, 2.24) is 9.80 Å². The van der Waals surface area contributed by atoms with Crippen LogP contribution in [0.5, 0.6) is 0 Å². The van der Waals surface area contributed by atoms with Crippen LogP contribution >= 0.6 is 0 Å². The Labute approximate surface area is 150 Å². The summed E-state index contributed by atoms with van der Waals surface area (Å²) in [5.74, 6) is 0.360. The van der Waals surface area contributed by atoms with Gasteiger partial charge in [-0.25, -0.2) is 4.79 Å². The second-order valence-electron chi connectivity index (χ2n) is 6.82. The predicted molar refractivity (Wildman–Crippen MR) is 98.5 cm³/mol. The summed E-state index contributed by atoms with van der Waals surface area (Å²) in [4.78, 5) is 28.1. The molecule has 1 fully saturated rings. The molecular weight excluding hydrogens is 318 g/mol. The molecule has 0 bridgehead atoms. The normalized spacial score (nSPS) is 15.7. The Balaban J connectivity index is 1.70. The van der Waals surface area contributed by atoms with Crippen molar-refractivity contribution in [2.45, 2.75) is 26.7 Å². The van der Waals surface area contributed by atoms with Gasteiger partial charge in [0.05, 0.1) is 6.61 Å². The van der Waals surface area contributed by atoms with Crippen LogP contribution in [-0.4, -0.2) is 61.1 Å². The molecule has 1 aromatic carbocycles. The van der Waals surface area contributed by atoms with Crippen LogP contribution in [0.15, 0.2) is 30.3 Å². The average molecular weight is 347 g/mol. The van der Waals surface area contributed by atoms with Gasteiger partial charge in [-0.3, -0.25) is 4.79 Å². The Hall–Kier alpha value is -2.08. The van der Waals surface area contributed by atoms with E-state index >= 15 is 0 Å². The lowest BCUT2D eigenvalue weighted by Crippen LogP contribution is -2.36. The van der Waals surface area contributed by atoms with Gasteiger partial charge in [0.1, 0.15) is 0 Å². The summed E-state index contributed by atoms with van der Waals surface area (Å²) in [6.07, 6.45) is 1.13. The summed E-state index contributed by atoms with van der Waals surface area (Å²) < 4.78 is 5.30. The number of benzene rings is 1. The van der Waals surface area contributed by atoms with E-state index < -0.39 is 0 Å². The van der Waals surface area contributed by atoms with Crippen molar-refractivity contribution >= 4 is 17.7 Å². The van der Waals surface area contributed by atoms with Crippen LogP contribution in [0.3, 0.4) is 0 Å². The highest BCUT2D eigenvalue weighted by Crippen LogP contribution is 2.08. The maximum Gasteiger partial charge on any atom is 0.409 e. The van der Waals surface area contributed by atoms with Crippen molar-refractivity contribution in [3.63, 3.8) is 0 Å². The minimum absolute atomic E-state index is 0.0173. The first-order valence-corrected chi connectivity index (χ1v) is 9.03. The van der Waals surface area contributed by atoms with Gasteiger partial charge in [0, 0.05) is 38.3 Å². The Morgan fingerprint density at radius 1 is 1.12 bits per heavy atom. The minimum atomic E-state index is -0.225. The molecule has 0 unspecified atom stereocenters. The third kappa shape index (κ3) is 7.13. The van der Waals surface area contributed by atoms with E-state index in [4.69, 9.17) is 4.74 Å². The first kappa shape index (κ1) is 19.2. The Bertz CT molecular complexity index is 548. The van der Waals surface area contributed by atoms with Gasteiger partial charge in [-0.15, -0.1) is 0 Å². The molecule has 1 N–H and O–H groups in total. The number of carbonyl (C=O) groups is 2. The second-order valence-corrected chi connectivity index (χ2v) is 6.82. The smallest absolute Gasteiger partial charge is 0.409 e. The molecule has 1 saturated heterocycles. The van der Waals surface area contributed by atoms with E-state index in [-0.39, 0.29) is 12.0 Å². The second kappa shape index (κ2) is 10.0. The van der Waals surface area contributed by atoms with E-state index in [1.165, 1.54) is 0 Å². The summed E-state index contributed by atoms with van der Waals surface area (Å²) in [5, 5.41) is 2.90. The third-order valence-electron chi connectivity index (χ3n) is 4.10. The van der Waals surface area contributed by atoms with Gasteiger partial charge in [-0.1, -0.05) is 32.0 Å². The van der Waals surface area contributed by atoms with Gasteiger partial charge >= 0.3 is 6.09 Å². The first-order chi connectivity index (χ1) is 12.0. The molecule has 1 heterocycles. The van der Waals surface area contributed by atoms with E-state index in [0.29, 0.717) is 38.6 Å². The number of hydrogen-bond acceptors (Lipinski definition) is 4. The monoisotopic (exact) mass is 347 g/mol. The molecule has 138 valence electrons. The molecule has 0 saturated carbocycles. The fourth-order valence-corrected chi connectivity index (χ4v) is 2.71. The Morgan fingerprint density at radius 2 is 1.88 bits per heavy atom. The fraction of sp³-hybridized carbons (Fsp3) is 0.579. The summed E-state index contributed by atoms with van der Waals surface area (Å²) >= 11 is 0. The highest BCUT2D eigenvalue weighted by molar-refractivity contribution is 5.90. The minimum Gasteiger partial charge on any atom is -0.449 e. The lowest BCUT2D eigenvalue weighted by molar-refractivity contribution is -0.116. The lowest BCUT2D eigenvalue weighted by Gasteiger charge is -2.22. The van der Waals surface area contributed by atoms with Crippen LogP contribution in [0.1, 0.15) is 26.7 Å². The number of nitrogens with zero attached hydrogens (tertiary/aromatic N) is 2. The van der Waals surface area contributed by atoms with Crippen LogP contribution in [-0.2, 0) is 9.53 Å². The highest BCUT2D eigenvalue weighted by atomic mass is 16.6. The van der Waals surface area contributed by atoms with E-state index in [1.807, 2.05) is 44.2 Å².